The molecule has 0 bridgehead atoms. The molecule has 1 N–H and O–H groups in total. The Hall–Kier alpha value is -1.14. The van der Waals surface area contributed by atoms with Crippen molar-refractivity contribution in [2.24, 2.45) is 0 Å². The van der Waals surface area contributed by atoms with Crippen LogP contribution in [0.2, 0.25) is 0 Å². The van der Waals surface area contributed by atoms with Gasteiger partial charge in [0.05, 0.1) is 0 Å². The Bertz CT molecular complexity index is 572. The van der Waals surface area contributed by atoms with E-state index < -0.39 is 39.6 Å². The fourth-order valence-electron chi connectivity index (χ4n) is 2.59. The first kappa shape index (κ1) is 24.9. The molecule has 0 fully saturated rings. The molecule has 0 spiro atoms. The first-order chi connectivity index (χ1) is 12.9. The highest BCUT2D eigenvalue weighted by atomic mass is 28.4. The molecule has 4 nitrogen and oxygen atoms in total. The van der Waals surface area contributed by atoms with E-state index in [4.69, 9.17) is 13.3 Å². The second kappa shape index (κ2) is 9.57. The Morgan fingerprint density at radius 2 is 1.18 bits per heavy atom. The Balaban J connectivity index is 3.06. The van der Waals surface area contributed by atoms with Gasteiger partial charge in [-0.25, -0.2) is 0 Å². The number of hydrogen-bond acceptors (Lipinski definition) is 4. The van der Waals surface area contributed by atoms with E-state index >= 15 is 0 Å². The van der Waals surface area contributed by atoms with Gasteiger partial charge in [-0.05, 0) is 39.2 Å². The van der Waals surface area contributed by atoms with E-state index in [1.807, 2.05) is 0 Å². The third-order valence-electron chi connectivity index (χ3n) is 4.02. The fourth-order valence-corrected chi connectivity index (χ4v) is 5.06. The normalized spacial score (nSPS) is 13.8. The third kappa shape index (κ3) is 5.47. The predicted molar refractivity (Wildman–Crippen MR) is 92.1 cm³/mol. The number of alkyl halides is 6. The summed E-state index contributed by atoms with van der Waals surface area (Å²) >= 11 is 0. The molecule has 0 unspecified atom stereocenters. The summed E-state index contributed by atoms with van der Waals surface area (Å²) in [5, 5.41) is 9.78. The number of aliphatic hydroxyl groups is 1. The largest absolute Gasteiger partial charge is 0.537 e. The van der Waals surface area contributed by atoms with Crippen molar-refractivity contribution in [2.45, 2.75) is 51.6 Å². The first-order valence-electron chi connectivity index (χ1n) is 8.74. The lowest BCUT2D eigenvalue weighted by Gasteiger charge is -2.32. The van der Waals surface area contributed by atoms with Crippen molar-refractivity contribution in [3.8, 4) is 0 Å². The van der Waals surface area contributed by atoms with Gasteiger partial charge in [0.1, 0.15) is 0 Å². The lowest BCUT2D eigenvalue weighted by atomic mass is 9.93. The van der Waals surface area contributed by atoms with Gasteiger partial charge >= 0.3 is 21.2 Å². The quantitative estimate of drug-likeness (QED) is 0.450. The van der Waals surface area contributed by atoms with E-state index in [1.54, 1.807) is 20.8 Å². The van der Waals surface area contributed by atoms with Crippen molar-refractivity contribution < 1.29 is 44.7 Å². The van der Waals surface area contributed by atoms with Crippen LogP contribution in [0, 0.1) is 0 Å². The number of aryl methyl sites for hydroxylation is 1. The van der Waals surface area contributed by atoms with E-state index in [0.29, 0.717) is 25.0 Å². The summed E-state index contributed by atoms with van der Waals surface area (Å²) in [5.41, 5.74) is -4.57. The molecule has 0 aliphatic heterocycles. The molecule has 1 aromatic rings. The van der Waals surface area contributed by atoms with E-state index in [1.165, 1.54) is 24.3 Å². The van der Waals surface area contributed by atoms with Crippen molar-refractivity contribution in [1.29, 1.82) is 0 Å². The van der Waals surface area contributed by atoms with Gasteiger partial charge in [0, 0.05) is 25.0 Å². The highest BCUT2D eigenvalue weighted by Crippen LogP contribution is 2.45. The molecule has 0 saturated heterocycles. The molecule has 1 rings (SSSR count). The molecule has 1 aromatic carbocycles. The zero-order valence-corrected chi connectivity index (χ0v) is 16.8. The summed E-state index contributed by atoms with van der Waals surface area (Å²) in [7, 11) is -3.22. The lowest BCUT2D eigenvalue weighted by molar-refractivity contribution is -0.369. The second-order valence-electron chi connectivity index (χ2n) is 5.91. The van der Waals surface area contributed by atoms with Crippen molar-refractivity contribution in [1.82, 2.24) is 0 Å². The molecule has 162 valence electrons. The average Bonchev–Trinajstić information content (AvgIpc) is 2.58. The number of halogens is 6. The first-order valence-corrected chi connectivity index (χ1v) is 10.5. The van der Waals surface area contributed by atoms with Crippen LogP contribution >= 0.6 is 0 Å². The summed E-state index contributed by atoms with van der Waals surface area (Å²) in [6.07, 6.45) is -13.8. The summed E-state index contributed by atoms with van der Waals surface area (Å²) in [6.45, 7) is 6.17. The Morgan fingerprint density at radius 3 is 1.50 bits per heavy atom. The molecule has 0 atom stereocenters. The smallest absolute Gasteiger partial charge is 0.374 e. The van der Waals surface area contributed by atoms with Gasteiger partial charge in [-0.15, -0.1) is 0 Å². The van der Waals surface area contributed by atoms with E-state index in [9.17, 15) is 31.4 Å². The minimum atomic E-state index is -5.83. The Morgan fingerprint density at radius 1 is 0.786 bits per heavy atom. The highest BCUT2D eigenvalue weighted by molar-refractivity contribution is 6.75. The number of rotatable bonds is 10. The van der Waals surface area contributed by atoms with Crippen molar-refractivity contribution in [3.05, 3.63) is 29.8 Å². The van der Waals surface area contributed by atoms with Crippen LogP contribution in [0.1, 0.15) is 32.8 Å². The maximum atomic E-state index is 12.8. The second-order valence-corrected chi connectivity index (χ2v) is 8.46. The molecular formula is C17H24F6O4Si. The van der Waals surface area contributed by atoms with Crippen LogP contribution in [0.5, 0.6) is 0 Å². The topological polar surface area (TPSA) is 47.9 Å². The van der Waals surface area contributed by atoms with Gasteiger partial charge in [0.25, 0.3) is 5.60 Å². The van der Waals surface area contributed by atoms with Crippen LogP contribution in [-0.4, -0.2) is 51.7 Å². The third-order valence-corrected chi connectivity index (χ3v) is 7.07. The van der Waals surface area contributed by atoms with Gasteiger partial charge < -0.3 is 18.4 Å². The number of benzene rings is 1. The zero-order chi connectivity index (χ0) is 21.6. The van der Waals surface area contributed by atoms with E-state index in [0.717, 1.165) is 0 Å². The van der Waals surface area contributed by atoms with Crippen LogP contribution in [0.25, 0.3) is 0 Å². The molecule has 0 amide bonds. The molecular weight excluding hydrogens is 410 g/mol. The molecule has 0 saturated carbocycles. The fraction of sp³-hybridized carbons (Fsp3) is 0.647. The van der Waals surface area contributed by atoms with Crippen LogP contribution < -0.4 is 5.19 Å². The van der Waals surface area contributed by atoms with Gasteiger partial charge in [0.2, 0.25) is 0 Å². The van der Waals surface area contributed by atoms with Crippen LogP contribution in [0.3, 0.4) is 0 Å². The summed E-state index contributed by atoms with van der Waals surface area (Å²) < 4.78 is 93.7. The average molecular weight is 434 g/mol. The summed E-state index contributed by atoms with van der Waals surface area (Å²) in [5.74, 6) is 0. The van der Waals surface area contributed by atoms with Gasteiger partial charge in [-0.3, -0.25) is 0 Å². The predicted octanol–water partition coefficient (Wildman–Crippen LogP) is 3.73. The van der Waals surface area contributed by atoms with Crippen molar-refractivity contribution in [2.75, 3.05) is 19.8 Å². The van der Waals surface area contributed by atoms with Crippen molar-refractivity contribution in [3.63, 3.8) is 0 Å². The van der Waals surface area contributed by atoms with E-state index in [2.05, 4.69) is 0 Å². The van der Waals surface area contributed by atoms with Crippen LogP contribution in [0.15, 0.2) is 24.3 Å². The summed E-state index contributed by atoms with van der Waals surface area (Å²) in [6, 6.07) is 5.76. The van der Waals surface area contributed by atoms with Crippen LogP contribution in [0.4, 0.5) is 26.3 Å². The minimum Gasteiger partial charge on any atom is -0.374 e. The molecule has 11 heteroatoms. The summed E-state index contributed by atoms with van der Waals surface area (Å²) in [4.78, 5) is 0. The molecule has 0 radical (unpaired) electrons. The lowest BCUT2D eigenvalue weighted by Crippen LogP contribution is -2.57. The SMILES string of the molecule is CCO[Si](OCC)(OCC)c1ccc(CCC(O)(C(F)(F)F)C(F)(F)F)cc1. The van der Waals surface area contributed by atoms with E-state index in [-0.39, 0.29) is 5.56 Å². The Kier molecular flexibility index (Phi) is 8.51. The monoisotopic (exact) mass is 434 g/mol. The standard InChI is InChI=1S/C17H24F6O4Si/c1-4-25-28(26-5-2,27-6-3)14-9-7-13(8-10-14)11-12-15(24,16(18,19)20)17(21,22)23/h7-10,24H,4-6,11-12H2,1-3H3. The molecule has 0 aromatic heterocycles. The molecule has 0 aliphatic rings. The maximum Gasteiger partial charge on any atom is 0.537 e. The molecule has 28 heavy (non-hydrogen) atoms. The number of hydrogen-bond donors (Lipinski definition) is 1. The zero-order valence-electron chi connectivity index (χ0n) is 15.8. The van der Waals surface area contributed by atoms with Gasteiger partial charge in [0.15, 0.2) is 0 Å². The maximum absolute atomic E-state index is 12.8. The van der Waals surface area contributed by atoms with Gasteiger partial charge in [-0.2, -0.15) is 26.3 Å². The highest BCUT2D eigenvalue weighted by Gasteiger charge is 2.69. The van der Waals surface area contributed by atoms with Gasteiger partial charge in [-0.1, -0.05) is 24.3 Å². The Labute approximate surface area is 160 Å². The van der Waals surface area contributed by atoms with Crippen LogP contribution in [-0.2, 0) is 19.7 Å². The minimum absolute atomic E-state index is 0.197. The van der Waals surface area contributed by atoms with Crippen molar-refractivity contribution >= 4 is 14.0 Å². The molecule has 0 aliphatic carbocycles. The molecule has 0 heterocycles.